The normalized spacial score (nSPS) is 12.9. The van der Waals surface area contributed by atoms with Gasteiger partial charge in [0, 0.05) is 17.0 Å². The molecule has 0 fully saturated rings. The summed E-state index contributed by atoms with van der Waals surface area (Å²) in [5.74, 6) is -5.42. The quantitative estimate of drug-likeness (QED) is 0.214. The summed E-state index contributed by atoms with van der Waals surface area (Å²) in [6.07, 6.45) is -4.10. The number of benzene rings is 1. The first-order valence-electron chi connectivity index (χ1n) is 8.83. The molecule has 16 heteroatoms. The van der Waals surface area contributed by atoms with E-state index in [9.17, 15) is 31.2 Å². The number of carbonyl (C=O) groups excluding carboxylic acids is 2. The Morgan fingerprint density at radius 1 is 1.21 bits per heavy atom. The molecule has 0 unspecified atom stereocenters. The van der Waals surface area contributed by atoms with E-state index in [0.29, 0.717) is 5.39 Å². The van der Waals surface area contributed by atoms with E-state index in [-0.39, 0.29) is 22.2 Å². The van der Waals surface area contributed by atoms with Crippen LogP contribution in [-0.4, -0.2) is 43.5 Å². The van der Waals surface area contributed by atoms with Crippen LogP contribution >= 0.6 is 11.6 Å². The first-order valence-corrected chi connectivity index (χ1v) is 10.6. The van der Waals surface area contributed by atoms with Crippen LogP contribution in [0.25, 0.3) is 10.8 Å². The molecule has 0 saturated heterocycles. The lowest BCUT2D eigenvalue weighted by molar-refractivity contribution is -0.209. The van der Waals surface area contributed by atoms with Crippen molar-refractivity contribution in [1.29, 1.82) is 0 Å². The number of fused-ring (bicyclic) bond motifs is 1. The van der Waals surface area contributed by atoms with E-state index in [2.05, 4.69) is 19.0 Å². The minimum Gasteiger partial charge on any atom is -0.370 e. The van der Waals surface area contributed by atoms with Crippen molar-refractivity contribution in [1.82, 2.24) is 10.5 Å². The van der Waals surface area contributed by atoms with Gasteiger partial charge in [-0.3, -0.25) is 0 Å². The van der Waals surface area contributed by atoms with Gasteiger partial charge in [-0.05, 0) is 18.1 Å². The predicted octanol–water partition coefficient (Wildman–Crippen LogP) is 1.66. The van der Waals surface area contributed by atoms with Crippen LogP contribution in [0.15, 0.2) is 34.3 Å². The molecule has 2 rings (SSSR count). The van der Waals surface area contributed by atoms with Gasteiger partial charge in [0.15, 0.2) is 11.8 Å². The van der Waals surface area contributed by atoms with E-state index in [0.717, 1.165) is 12.1 Å². The highest BCUT2D eigenvalue weighted by Crippen LogP contribution is 2.32. The molecule has 2 aromatic rings. The fourth-order valence-corrected chi connectivity index (χ4v) is 3.51. The highest BCUT2D eigenvalue weighted by Gasteiger charge is 2.42. The summed E-state index contributed by atoms with van der Waals surface area (Å²) < 4.78 is 66.7. The van der Waals surface area contributed by atoms with Crippen molar-refractivity contribution < 1.29 is 40.2 Å². The molecule has 33 heavy (non-hydrogen) atoms. The number of halogens is 4. The molecule has 0 aliphatic rings. The van der Waals surface area contributed by atoms with E-state index in [1.54, 1.807) is 5.48 Å². The molecule has 0 amide bonds. The number of nitrogens with one attached hydrogen (secondary N) is 1. The topological polar surface area (TPSA) is 176 Å². The molecule has 0 saturated carbocycles. The molecule has 0 radical (unpaired) electrons. The molecule has 0 bridgehead atoms. The van der Waals surface area contributed by atoms with E-state index < -0.39 is 45.1 Å². The summed E-state index contributed by atoms with van der Waals surface area (Å²) >= 11 is 6.05. The van der Waals surface area contributed by atoms with Gasteiger partial charge in [-0.1, -0.05) is 31.5 Å². The highest BCUT2D eigenvalue weighted by atomic mass is 35.5. The van der Waals surface area contributed by atoms with Crippen molar-refractivity contribution in [2.24, 2.45) is 22.4 Å². The molecule has 1 heterocycles. The van der Waals surface area contributed by atoms with Crippen molar-refractivity contribution in [3.8, 4) is 0 Å². The van der Waals surface area contributed by atoms with E-state index in [4.69, 9.17) is 23.1 Å². The summed E-state index contributed by atoms with van der Waals surface area (Å²) in [5.41, 5.74) is 12.3. The first kappa shape index (κ1) is 26.1. The van der Waals surface area contributed by atoms with Gasteiger partial charge in [0.2, 0.25) is 0 Å². The number of hydroxylamine groups is 1. The second kappa shape index (κ2) is 9.76. The maximum Gasteiger partial charge on any atom is 0.492 e. The van der Waals surface area contributed by atoms with Crippen LogP contribution < -0.4 is 16.9 Å². The number of aliphatic imine (C=N–C) groups is 1. The van der Waals surface area contributed by atoms with Crippen molar-refractivity contribution >= 4 is 56.2 Å². The zero-order chi connectivity index (χ0) is 25.1. The van der Waals surface area contributed by atoms with Crippen LogP contribution in [0.1, 0.15) is 13.8 Å². The average Bonchev–Trinajstić information content (AvgIpc) is 2.68. The van der Waals surface area contributed by atoms with Crippen molar-refractivity contribution in [2.75, 3.05) is 0 Å². The second-order valence-corrected chi connectivity index (χ2v) is 8.71. The summed E-state index contributed by atoms with van der Waals surface area (Å²) in [4.78, 5) is 34.2. The standard InChI is InChI=1S/C17H17ClF3N5O6S/c1-7(2)12(26-31-15(28)17(19,20)21)14(27)32-33(29,30)8-3-4-9-10(5-8)13(25-16(22)23)24-6-11(9)18/h3-7,12,26H,1-2H3,(H4,22,23,24,25)/t12-/m0/s1. The molecule has 0 aliphatic carbocycles. The molecule has 0 aliphatic heterocycles. The third-order valence-electron chi connectivity index (χ3n) is 3.94. The monoisotopic (exact) mass is 511 g/mol. The Bertz CT molecular complexity index is 1220. The Morgan fingerprint density at radius 2 is 1.85 bits per heavy atom. The summed E-state index contributed by atoms with van der Waals surface area (Å²) in [6.45, 7) is 2.69. The lowest BCUT2D eigenvalue weighted by atomic mass is 10.1. The van der Waals surface area contributed by atoms with E-state index in [1.165, 1.54) is 26.1 Å². The van der Waals surface area contributed by atoms with Crippen LogP contribution in [0.2, 0.25) is 5.02 Å². The van der Waals surface area contributed by atoms with E-state index in [1.807, 2.05) is 0 Å². The van der Waals surface area contributed by atoms with Gasteiger partial charge >= 0.3 is 28.2 Å². The Balaban J connectivity index is 2.35. The van der Waals surface area contributed by atoms with Crippen LogP contribution in [0.5, 0.6) is 0 Å². The number of guanidine groups is 1. The summed E-state index contributed by atoms with van der Waals surface area (Å²) in [7, 11) is -4.79. The molecule has 0 spiro atoms. The van der Waals surface area contributed by atoms with Gasteiger partial charge in [-0.25, -0.2) is 14.6 Å². The Morgan fingerprint density at radius 3 is 2.39 bits per heavy atom. The van der Waals surface area contributed by atoms with Gasteiger partial charge < -0.3 is 20.5 Å². The summed E-state index contributed by atoms with van der Waals surface area (Å²) in [5, 5.41) is 0.583. The number of carbonyl (C=O) groups is 2. The predicted molar refractivity (Wildman–Crippen MR) is 109 cm³/mol. The number of pyridine rings is 1. The zero-order valence-corrected chi connectivity index (χ0v) is 18.5. The highest BCUT2D eigenvalue weighted by molar-refractivity contribution is 7.87. The van der Waals surface area contributed by atoms with Gasteiger partial charge in [0.05, 0.1) is 5.02 Å². The maximum atomic E-state index is 12.6. The molecule has 11 nitrogen and oxygen atoms in total. The number of rotatable bonds is 7. The third-order valence-corrected chi connectivity index (χ3v) is 5.45. The largest absolute Gasteiger partial charge is 0.492 e. The van der Waals surface area contributed by atoms with Gasteiger partial charge in [0.25, 0.3) is 0 Å². The van der Waals surface area contributed by atoms with Crippen molar-refractivity contribution in [3.05, 3.63) is 29.4 Å². The summed E-state index contributed by atoms with van der Waals surface area (Å²) in [6, 6.07) is 1.66. The number of nitrogens with zero attached hydrogens (tertiary/aromatic N) is 2. The van der Waals surface area contributed by atoms with Gasteiger partial charge in [-0.15, -0.1) is 5.48 Å². The lowest BCUT2D eigenvalue weighted by Crippen LogP contribution is -2.45. The minimum atomic E-state index is -5.34. The molecular formula is C17H17ClF3N5O6S. The number of nitrogens with two attached hydrogens (primary N) is 2. The minimum absolute atomic E-state index is 0.0708. The SMILES string of the molecule is CC(C)[C@H](NOC(=O)C(F)(F)F)C(=O)OS(=O)(=O)c1ccc2c(Cl)cnc(N=C(N)N)c2c1. The molecule has 1 atom stereocenters. The fourth-order valence-electron chi connectivity index (χ4n) is 2.38. The Labute approximate surface area is 190 Å². The van der Waals surface area contributed by atoms with Gasteiger partial charge in [-0.2, -0.15) is 26.6 Å². The Hall–Kier alpha value is -3.17. The third kappa shape index (κ3) is 6.43. The van der Waals surface area contributed by atoms with E-state index >= 15 is 0 Å². The van der Waals surface area contributed by atoms with Crippen LogP contribution in [0.3, 0.4) is 0 Å². The van der Waals surface area contributed by atoms with Crippen molar-refractivity contribution in [3.63, 3.8) is 0 Å². The molecule has 1 aromatic heterocycles. The first-order chi connectivity index (χ1) is 15.1. The average molecular weight is 512 g/mol. The molecule has 5 N–H and O–H groups in total. The van der Waals surface area contributed by atoms with Gasteiger partial charge in [0.1, 0.15) is 10.9 Å². The number of alkyl halides is 3. The molecule has 1 aromatic carbocycles. The maximum absolute atomic E-state index is 12.6. The number of hydrogen-bond acceptors (Lipinski definition) is 9. The van der Waals surface area contributed by atoms with Crippen LogP contribution in [-0.2, 0) is 28.7 Å². The fraction of sp³-hybridized carbons (Fsp3) is 0.294. The van der Waals surface area contributed by atoms with Crippen LogP contribution in [0.4, 0.5) is 19.0 Å². The zero-order valence-electron chi connectivity index (χ0n) is 16.9. The number of aromatic nitrogens is 1. The number of hydrogen-bond donors (Lipinski definition) is 3. The van der Waals surface area contributed by atoms with Crippen molar-refractivity contribution in [2.45, 2.75) is 31.0 Å². The molecule has 180 valence electrons. The molecular weight excluding hydrogens is 495 g/mol. The second-order valence-electron chi connectivity index (χ2n) is 6.76. The smallest absolute Gasteiger partial charge is 0.370 e. The van der Waals surface area contributed by atoms with Crippen LogP contribution in [0, 0.1) is 5.92 Å². The lowest BCUT2D eigenvalue weighted by Gasteiger charge is -2.20. The Kier molecular flexibility index (Phi) is 7.72.